The summed E-state index contributed by atoms with van der Waals surface area (Å²) >= 11 is 0. The number of hydrogen-bond donors (Lipinski definition) is 1. The van der Waals surface area contributed by atoms with E-state index < -0.39 is 18.0 Å². The van der Waals surface area contributed by atoms with Gasteiger partial charge in [-0.25, -0.2) is 4.79 Å². The molecule has 74 valence electrons. The van der Waals surface area contributed by atoms with Crippen molar-refractivity contribution in [3.8, 4) is 0 Å². The molecular formula is C8H14O4Ti. The first kappa shape index (κ1) is 15.1. The van der Waals surface area contributed by atoms with E-state index in [2.05, 4.69) is 4.74 Å². The van der Waals surface area contributed by atoms with Crippen molar-refractivity contribution in [3.63, 3.8) is 0 Å². The van der Waals surface area contributed by atoms with Gasteiger partial charge in [0.05, 0.1) is 0 Å². The summed E-state index contributed by atoms with van der Waals surface area (Å²) < 4.78 is 4.66. The molecule has 0 amide bonds. The number of carbonyl (C=O) groups excluding carboxylic acids is 1. The van der Waals surface area contributed by atoms with E-state index in [1.54, 1.807) is 6.92 Å². The molecule has 0 saturated carbocycles. The molecule has 1 atom stereocenters. The third kappa shape index (κ3) is 6.78. The minimum atomic E-state index is -1.08. The summed E-state index contributed by atoms with van der Waals surface area (Å²) in [5, 5.41) is 8.51. The van der Waals surface area contributed by atoms with Gasteiger partial charge in [-0.1, -0.05) is 13.8 Å². The fourth-order valence-corrected chi connectivity index (χ4v) is 0.730. The summed E-state index contributed by atoms with van der Waals surface area (Å²) in [4.78, 5) is 21.2. The van der Waals surface area contributed by atoms with Crippen LogP contribution >= 0.6 is 0 Å². The van der Waals surface area contributed by atoms with E-state index in [0.29, 0.717) is 12.8 Å². The minimum absolute atomic E-state index is 0. The molecule has 13 heavy (non-hydrogen) atoms. The molecule has 0 fully saturated rings. The van der Waals surface area contributed by atoms with Gasteiger partial charge in [0, 0.05) is 28.1 Å². The first-order valence-electron chi connectivity index (χ1n) is 4.04. The number of carboxylic acids is 1. The minimum Gasteiger partial charge on any atom is -0.479 e. The second-order valence-electron chi connectivity index (χ2n) is 2.47. The Morgan fingerprint density at radius 2 is 1.92 bits per heavy atom. The SMILES string of the molecule is CCCC(=O)OC(CC)C(=O)O.[Ti]. The molecular weight excluding hydrogens is 208 g/mol. The fourth-order valence-electron chi connectivity index (χ4n) is 0.730. The Labute approximate surface area is 92.5 Å². The predicted molar refractivity (Wildman–Crippen MR) is 42.7 cm³/mol. The summed E-state index contributed by atoms with van der Waals surface area (Å²) in [6, 6.07) is 0. The third-order valence-electron chi connectivity index (χ3n) is 1.37. The number of esters is 1. The van der Waals surface area contributed by atoms with Crippen LogP contribution in [0.1, 0.15) is 33.1 Å². The van der Waals surface area contributed by atoms with Crippen LogP contribution in [0.3, 0.4) is 0 Å². The third-order valence-corrected chi connectivity index (χ3v) is 1.37. The monoisotopic (exact) mass is 222 g/mol. The number of carboxylic acid groups (broad SMARTS) is 1. The Morgan fingerprint density at radius 1 is 1.38 bits per heavy atom. The van der Waals surface area contributed by atoms with Gasteiger partial charge in [-0.15, -0.1) is 0 Å². The molecule has 0 spiro atoms. The second kappa shape index (κ2) is 8.26. The van der Waals surface area contributed by atoms with E-state index >= 15 is 0 Å². The van der Waals surface area contributed by atoms with Gasteiger partial charge in [0.15, 0.2) is 6.10 Å². The van der Waals surface area contributed by atoms with Gasteiger partial charge >= 0.3 is 11.9 Å². The van der Waals surface area contributed by atoms with E-state index in [9.17, 15) is 9.59 Å². The van der Waals surface area contributed by atoms with Crippen LogP contribution in [0.15, 0.2) is 0 Å². The van der Waals surface area contributed by atoms with E-state index in [4.69, 9.17) is 5.11 Å². The van der Waals surface area contributed by atoms with Gasteiger partial charge in [0.25, 0.3) is 0 Å². The van der Waals surface area contributed by atoms with Crippen molar-refractivity contribution in [1.29, 1.82) is 0 Å². The van der Waals surface area contributed by atoms with Gasteiger partial charge in [-0.2, -0.15) is 0 Å². The summed E-state index contributed by atoms with van der Waals surface area (Å²) in [6.45, 7) is 3.50. The zero-order valence-corrected chi connectivity index (χ0v) is 9.43. The smallest absolute Gasteiger partial charge is 0.345 e. The molecule has 0 aliphatic carbocycles. The topological polar surface area (TPSA) is 63.6 Å². The van der Waals surface area contributed by atoms with Crippen LogP contribution in [0.2, 0.25) is 0 Å². The number of carbonyl (C=O) groups is 2. The van der Waals surface area contributed by atoms with Crippen LogP contribution in [-0.2, 0) is 36.0 Å². The molecule has 0 bridgehead atoms. The van der Waals surface area contributed by atoms with E-state index in [0.717, 1.165) is 0 Å². The quantitative estimate of drug-likeness (QED) is 0.560. The number of ether oxygens (including phenoxy) is 1. The summed E-state index contributed by atoms with van der Waals surface area (Å²) in [6.07, 6.45) is 0.285. The summed E-state index contributed by atoms with van der Waals surface area (Å²) in [5.74, 6) is -1.52. The van der Waals surface area contributed by atoms with Gasteiger partial charge < -0.3 is 9.84 Å². The van der Waals surface area contributed by atoms with E-state index in [1.165, 1.54) is 0 Å². The van der Waals surface area contributed by atoms with Crippen molar-refractivity contribution in [2.24, 2.45) is 0 Å². The van der Waals surface area contributed by atoms with Crippen molar-refractivity contribution in [2.75, 3.05) is 0 Å². The molecule has 0 aromatic rings. The van der Waals surface area contributed by atoms with Gasteiger partial charge in [0.1, 0.15) is 0 Å². The maximum absolute atomic E-state index is 10.8. The van der Waals surface area contributed by atoms with E-state index in [-0.39, 0.29) is 28.1 Å². The van der Waals surface area contributed by atoms with Crippen molar-refractivity contribution < 1.29 is 41.2 Å². The van der Waals surface area contributed by atoms with Crippen LogP contribution in [0.25, 0.3) is 0 Å². The maximum Gasteiger partial charge on any atom is 0.345 e. The average molecular weight is 222 g/mol. The zero-order chi connectivity index (χ0) is 9.56. The van der Waals surface area contributed by atoms with Crippen LogP contribution in [0.4, 0.5) is 0 Å². The molecule has 0 heterocycles. The largest absolute Gasteiger partial charge is 0.479 e. The normalized spacial score (nSPS) is 11.2. The molecule has 1 unspecified atom stereocenters. The fraction of sp³-hybridized carbons (Fsp3) is 0.750. The van der Waals surface area contributed by atoms with Gasteiger partial charge in [-0.3, -0.25) is 4.79 Å². The van der Waals surface area contributed by atoms with Crippen LogP contribution < -0.4 is 0 Å². The Kier molecular flexibility index (Phi) is 9.62. The van der Waals surface area contributed by atoms with Crippen LogP contribution in [0.5, 0.6) is 0 Å². The Bertz CT molecular complexity index is 170. The molecule has 4 nitrogen and oxygen atoms in total. The van der Waals surface area contributed by atoms with Crippen LogP contribution in [-0.4, -0.2) is 23.1 Å². The molecule has 0 aromatic carbocycles. The molecule has 0 saturated heterocycles. The molecule has 0 rings (SSSR count). The molecule has 0 aliphatic rings. The van der Waals surface area contributed by atoms with Gasteiger partial charge in [0.2, 0.25) is 0 Å². The van der Waals surface area contributed by atoms with E-state index in [1.807, 2.05) is 6.92 Å². The zero-order valence-electron chi connectivity index (χ0n) is 7.87. The Hall–Kier alpha value is -0.346. The first-order valence-corrected chi connectivity index (χ1v) is 4.04. The molecule has 0 radical (unpaired) electrons. The molecule has 0 aromatic heterocycles. The number of rotatable bonds is 5. The first-order chi connectivity index (χ1) is 5.61. The predicted octanol–water partition coefficient (Wildman–Crippen LogP) is 1.19. The Balaban J connectivity index is 0. The molecule has 0 aliphatic heterocycles. The number of aliphatic carboxylic acids is 1. The second-order valence-corrected chi connectivity index (χ2v) is 2.47. The summed E-state index contributed by atoms with van der Waals surface area (Å²) in [7, 11) is 0. The summed E-state index contributed by atoms with van der Waals surface area (Å²) in [5.41, 5.74) is 0. The van der Waals surface area contributed by atoms with Crippen molar-refractivity contribution in [1.82, 2.24) is 0 Å². The van der Waals surface area contributed by atoms with Crippen molar-refractivity contribution >= 4 is 11.9 Å². The molecule has 1 N–H and O–H groups in total. The van der Waals surface area contributed by atoms with Crippen molar-refractivity contribution in [2.45, 2.75) is 39.2 Å². The Morgan fingerprint density at radius 3 is 2.23 bits per heavy atom. The average Bonchev–Trinajstić information content (AvgIpc) is 2.00. The molecule has 5 heteroatoms. The standard InChI is InChI=1S/C8H14O4.Ti/c1-3-5-7(9)12-6(4-2)8(10)11;/h6H,3-5H2,1-2H3,(H,10,11);. The number of hydrogen-bond acceptors (Lipinski definition) is 3. The maximum atomic E-state index is 10.8. The van der Waals surface area contributed by atoms with Crippen LogP contribution in [0, 0.1) is 0 Å². The van der Waals surface area contributed by atoms with Gasteiger partial charge in [-0.05, 0) is 12.8 Å². The van der Waals surface area contributed by atoms with Crippen molar-refractivity contribution in [3.05, 3.63) is 0 Å².